The standard InChI is InChI=1S/C21H22ClNO2/c22-20-10-11-21(19-9-5-4-8-18(19)20)25-15-14-24-13-12-23-16-17-6-2-1-3-7-17/h1-11,23H,12-16H2. The topological polar surface area (TPSA) is 30.5 Å². The molecule has 0 aliphatic heterocycles. The second-order valence-electron chi connectivity index (χ2n) is 5.71. The highest BCUT2D eigenvalue weighted by atomic mass is 35.5. The van der Waals surface area contributed by atoms with E-state index < -0.39 is 0 Å². The zero-order valence-corrected chi connectivity index (χ0v) is 14.8. The fraction of sp³-hybridized carbons (Fsp3) is 0.238. The molecule has 0 aliphatic carbocycles. The molecule has 3 nitrogen and oxygen atoms in total. The van der Waals surface area contributed by atoms with Crippen molar-refractivity contribution >= 4 is 22.4 Å². The fourth-order valence-electron chi connectivity index (χ4n) is 2.65. The fourth-order valence-corrected chi connectivity index (χ4v) is 2.87. The Balaban J connectivity index is 1.35. The summed E-state index contributed by atoms with van der Waals surface area (Å²) in [6.45, 7) is 3.42. The Bertz CT molecular complexity index is 792. The summed E-state index contributed by atoms with van der Waals surface area (Å²) in [6.07, 6.45) is 0. The van der Waals surface area contributed by atoms with Crippen LogP contribution in [0, 0.1) is 0 Å². The van der Waals surface area contributed by atoms with Crippen molar-refractivity contribution in [1.82, 2.24) is 5.32 Å². The van der Waals surface area contributed by atoms with Gasteiger partial charge in [-0.3, -0.25) is 0 Å². The minimum absolute atomic E-state index is 0.518. The summed E-state index contributed by atoms with van der Waals surface area (Å²) in [5.41, 5.74) is 1.28. The lowest BCUT2D eigenvalue weighted by atomic mass is 10.1. The molecule has 0 saturated carbocycles. The lowest BCUT2D eigenvalue weighted by Gasteiger charge is -2.11. The Kier molecular flexibility index (Phi) is 6.69. The highest BCUT2D eigenvalue weighted by Gasteiger charge is 2.04. The van der Waals surface area contributed by atoms with E-state index in [0.717, 1.165) is 34.6 Å². The molecule has 0 saturated heterocycles. The zero-order valence-electron chi connectivity index (χ0n) is 14.1. The summed E-state index contributed by atoms with van der Waals surface area (Å²) >= 11 is 6.22. The number of rotatable bonds is 9. The van der Waals surface area contributed by atoms with Crippen LogP contribution in [-0.2, 0) is 11.3 Å². The summed E-state index contributed by atoms with van der Waals surface area (Å²) < 4.78 is 11.5. The lowest BCUT2D eigenvalue weighted by molar-refractivity contribution is 0.102. The summed E-state index contributed by atoms with van der Waals surface area (Å²) in [5, 5.41) is 6.13. The number of nitrogens with one attached hydrogen (secondary N) is 1. The van der Waals surface area contributed by atoms with E-state index in [1.54, 1.807) is 0 Å². The first-order valence-corrected chi connectivity index (χ1v) is 8.85. The van der Waals surface area contributed by atoms with E-state index in [1.807, 2.05) is 54.6 Å². The van der Waals surface area contributed by atoms with Crippen LogP contribution in [0.1, 0.15) is 5.56 Å². The predicted molar refractivity (Wildman–Crippen MR) is 103 cm³/mol. The molecule has 25 heavy (non-hydrogen) atoms. The van der Waals surface area contributed by atoms with E-state index in [4.69, 9.17) is 21.1 Å². The van der Waals surface area contributed by atoms with Crippen molar-refractivity contribution in [3.8, 4) is 5.75 Å². The lowest BCUT2D eigenvalue weighted by Crippen LogP contribution is -2.20. The second kappa shape index (κ2) is 9.42. The van der Waals surface area contributed by atoms with Crippen LogP contribution in [0.25, 0.3) is 10.8 Å². The van der Waals surface area contributed by atoms with E-state index in [2.05, 4.69) is 17.4 Å². The van der Waals surface area contributed by atoms with Crippen LogP contribution in [0.15, 0.2) is 66.7 Å². The molecule has 3 aromatic rings. The molecule has 130 valence electrons. The van der Waals surface area contributed by atoms with Crippen molar-refractivity contribution in [3.63, 3.8) is 0 Å². The van der Waals surface area contributed by atoms with Gasteiger partial charge in [0, 0.05) is 28.9 Å². The third kappa shape index (κ3) is 5.20. The molecule has 0 fully saturated rings. The largest absolute Gasteiger partial charge is 0.491 e. The zero-order chi connectivity index (χ0) is 17.3. The third-order valence-corrected chi connectivity index (χ3v) is 4.24. The predicted octanol–water partition coefficient (Wildman–Crippen LogP) is 4.68. The molecule has 1 N–H and O–H groups in total. The molecule has 0 amide bonds. The number of hydrogen-bond acceptors (Lipinski definition) is 3. The summed E-state index contributed by atoms with van der Waals surface area (Å²) in [5.74, 6) is 0.839. The monoisotopic (exact) mass is 355 g/mol. The molecule has 0 aromatic heterocycles. The Morgan fingerprint density at radius 1 is 0.760 bits per heavy atom. The van der Waals surface area contributed by atoms with Gasteiger partial charge >= 0.3 is 0 Å². The maximum Gasteiger partial charge on any atom is 0.127 e. The van der Waals surface area contributed by atoms with Gasteiger partial charge < -0.3 is 14.8 Å². The molecule has 0 bridgehead atoms. The number of hydrogen-bond donors (Lipinski definition) is 1. The van der Waals surface area contributed by atoms with Crippen LogP contribution in [0.4, 0.5) is 0 Å². The second-order valence-corrected chi connectivity index (χ2v) is 6.12. The van der Waals surface area contributed by atoms with Crippen LogP contribution in [0.2, 0.25) is 5.02 Å². The number of ether oxygens (including phenoxy) is 2. The first kappa shape index (κ1) is 17.7. The van der Waals surface area contributed by atoms with E-state index >= 15 is 0 Å². The van der Waals surface area contributed by atoms with E-state index in [0.29, 0.717) is 19.8 Å². The van der Waals surface area contributed by atoms with Crippen LogP contribution in [-0.4, -0.2) is 26.4 Å². The minimum atomic E-state index is 0.518. The average molecular weight is 356 g/mol. The SMILES string of the molecule is Clc1ccc(OCCOCCNCc2ccccc2)c2ccccc12. The van der Waals surface area contributed by atoms with Crippen LogP contribution in [0.3, 0.4) is 0 Å². The molecule has 3 aromatic carbocycles. The molecule has 0 radical (unpaired) electrons. The van der Waals surface area contributed by atoms with Crippen molar-refractivity contribution in [1.29, 1.82) is 0 Å². The number of halogens is 1. The van der Waals surface area contributed by atoms with Crippen molar-refractivity contribution in [3.05, 3.63) is 77.3 Å². The Morgan fingerprint density at radius 3 is 2.36 bits per heavy atom. The molecular weight excluding hydrogens is 334 g/mol. The Labute approximate surface area is 153 Å². The summed E-state index contributed by atoms with van der Waals surface area (Å²) in [7, 11) is 0. The smallest absolute Gasteiger partial charge is 0.127 e. The quantitative estimate of drug-likeness (QED) is 0.565. The minimum Gasteiger partial charge on any atom is -0.491 e. The van der Waals surface area contributed by atoms with Gasteiger partial charge in [0.25, 0.3) is 0 Å². The van der Waals surface area contributed by atoms with Gasteiger partial charge in [-0.15, -0.1) is 0 Å². The molecule has 0 heterocycles. The van der Waals surface area contributed by atoms with Crippen LogP contribution >= 0.6 is 11.6 Å². The van der Waals surface area contributed by atoms with Gasteiger partial charge in [-0.25, -0.2) is 0 Å². The van der Waals surface area contributed by atoms with E-state index in [-0.39, 0.29) is 0 Å². The first-order chi connectivity index (χ1) is 12.3. The molecular formula is C21H22ClNO2. The van der Waals surface area contributed by atoms with Crippen LogP contribution in [0.5, 0.6) is 5.75 Å². The van der Waals surface area contributed by atoms with Gasteiger partial charge in [-0.1, -0.05) is 66.2 Å². The number of fused-ring (bicyclic) bond motifs is 1. The molecule has 3 rings (SSSR count). The molecule has 0 spiro atoms. The average Bonchev–Trinajstić information content (AvgIpc) is 2.66. The van der Waals surface area contributed by atoms with Gasteiger partial charge in [0.15, 0.2) is 0 Å². The van der Waals surface area contributed by atoms with Gasteiger partial charge in [-0.2, -0.15) is 0 Å². The van der Waals surface area contributed by atoms with Gasteiger partial charge in [0.1, 0.15) is 12.4 Å². The first-order valence-electron chi connectivity index (χ1n) is 8.47. The maximum atomic E-state index is 6.22. The van der Waals surface area contributed by atoms with Crippen LogP contribution < -0.4 is 10.1 Å². The van der Waals surface area contributed by atoms with Crippen molar-refractivity contribution in [2.75, 3.05) is 26.4 Å². The number of benzene rings is 3. The maximum absolute atomic E-state index is 6.22. The summed E-state index contributed by atoms with van der Waals surface area (Å²) in [6, 6.07) is 22.1. The Hall–Kier alpha value is -2.07. The Morgan fingerprint density at radius 2 is 1.52 bits per heavy atom. The molecule has 0 atom stereocenters. The van der Waals surface area contributed by atoms with Crippen molar-refractivity contribution in [2.24, 2.45) is 0 Å². The van der Waals surface area contributed by atoms with Gasteiger partial charge in [0.05, 0.1) is 13.2 Å². The van der Waals surface area contributed by atoms with E-state index in [1.165, 1.54) is 5.56 Å². The molecule has 4 heteroatoms. The van der Waals surface area contributed by atoms with Gasteiger partial charge in [0.2, 0.25) is 0 Å². The third-order valence-electron chi connectivity index (χ3n) is 3.91. The van der Waals surface area contributed by atoms with E-state index in [9.17, 15) is 0 Å². The normalized spacial score (nSPS) is 10.9. The highest BCUT2D eigenvalue weighted by molar-refractivity contribution is 6.35. The van der Waals surface area contributed by atoms with Crippen molar-refractivity contribution in [2.45, 2.75) is 6.54 Å². The summed E-state index contributed by atoms with van der Waals surface area (Å²) in [4.78, 5) is 0. The molecule has 0 unspecified atom stereocenters. The highest BCUT2D eigenvalue weighted by Crippen LogP contribution is 2.31. The molecule has 0 aliphatic rings. The van der Waals surface area contributed by atoms with Crippen molar-refractivity contribution < 1.29 is 9.47 Å². The van der Waals surface area contributed by atoms with Gasteiger partial charge in [-0.05, 0) is 17.7 Å².